The van der Waals surface area contributed by atoms with Crippen molar-refractivity contribution in [3.8, 4) is 0 Å². The lowest BCUT2D eigenvalue weighted by atomic mass is 10.1. The van der Waals surface area contributed by atoms with Crippen LogP contribution in [0.3, 0.4) is 0 Å². The van der Waals surface area contributed by atoms with Crippen LogP contribution in [0, 0.1) is 20.8 Å². The standard InChI is InChI=1S/C14H19N3O2/c1-5-11(13-15-6-7-16-13)17-14(18)12-8(2)9(3)19-10(12)4/h6-7,11H,5H2,1-4H3,(H,15,16)(H,17,18). The second-order valence-corrected chi connectivity index (χ2v) is 4.62. The van der Waals surface area contributed by atoms with Crippen molar-refractivity contribution >= 4 is 5.91 Å². The van der Waals surface area contributed by atoms with E-state index in [9.17, 15) is 4.79 Å². The summed E-state index contributed by atoms with van der Waals surface area (Å²) in [5, 5.41) is 2.99. The predicted octanol–water partition coefficient (Wildman–Crippen LogP) is 2.81. The molecule has 0 radical (unpaired) electrons. The summed E-state index contributed by atoms with van der Waals surface area (Å²) in [5.74, 6) is 2.09. The maximum atomic E-state index is 12.4. The number of carbonyl (C=O) groups excluding carboxylic acids is 1. The van der Waals surface area contributed by atoms with E-state index in [1.807, 2.05) is 27.7 Å². The summed E-state index contributed by atoms with van der Waals surface area (Å²) in [7, 11) is 0. The highest BCUT2D eigenvalue weighted by molar-refractivity contribution is 5.97. The molecule has 0 aliphatic heterocycles. The molecule has 102 valence electrons. The number of nitrogens with zero attached hydrogens (tertiary/aromatic N) is 1. The van der Waals surface area contributed by atoms with Crippen molar-refractivity contribution < 1.29 is 9.21 Å². The first-order chi connectivity index (χ1) is 9.04. The minimum absolute atomic E-state index is 0.114. The number of aryl methyl sites for hydroxylation is 2. The molecular formula is C14H19N3O2. The fourth-order valence-corrected chi connectivity index (χ4v) is 2.19. The molecule has 2 heterocycles. The highest BCUT2D eigenvalue weighted by Crippen LogP contribution is 2.22. The van der Waals surface area contributed by atoms with Gasteiger partial charge in [0.25, 0.3) is 5.91 Å². The Bertz CT molecular complexity index is 570. The van der Waals surface area contributed by atoms with Gasteiger partial charge in [-0.3, -0.25) is 4.79 Å². The predicted molar refractivity (Wildman–Crippen MR) is 72.0 cm³/mol. The van der Waals surface area contributed by atoms with Crippen molar-refractivity contribution in [3.63, 3.8) is 0 Å². The lowest BCUT2D eigenvalue weighted by molar-refractivity contribution is 0.0932. The average Bonchev–Trinajstić information content (AvgIpc) is 2.96. The van der Waals surface area contributed by atoms with Crippen molar-refractivity contribution in [2.24, 2.45) is 0 Å². The molecule has 0 saturated heterocycles. The Morgan fingerprint density at radius 3 is 2.63 bits per heavy atom. The monoisotopic (exact) mass is 261 g/mol. The topological polar surface area (TPSA) is 70.9 Å². The van der Waals surface area contributed by atoms with Gasteiger partial charge in [-0.05, 0) is 27.2 Å². The molecule has 1 amide bonds. The first kappa shape index (κ1) is 13.4. The summed E-state index contributed by atoms with van der Waals surface area (Å²) in [6.45, 7) is 7.58. The van der Waals surface area contributed by atoms with Crippen molar-refractivity contribution in [2.45, 2.75) is 40.2 Å². The van der Waals surface area contributed by atoms with Gasteiger partial charge in [-0.15, -0.1) is 0 Å². The number of aromatic amines is 1. The third-order valence-corrected chi connectivity index (χ3v) is 3.35. The normalized spacial score (nSPS) is 12.4. The van der Waals surface area contributed by atoms with E-state index < -0.39 is 0 Å². The number of amides is 1. The first-order valence-corrected chi connectivity index (χ1v) is 6.41. The van der Waals surface area contributed by atoms with Crippen LogP contribution in [0.2, 0.25) is 0 Å². The van der Waals surface area contributed by atoms with E-state index in [1.165, 1.54) is 0 Å². The second kappa shape index (κ2) is 5.30. The van der Waals surface area contributed by atoms with Gasteiger partial charge in [0, 0.05) is 18.0 Å². The summed E-state index contributed by atoms with van der Waals surface area (Å²) in [6, 6.07) is -0.114. The molecule has 0 bridgehead atoms. The van der Waals surface area contributed by atoms with Crippen molar-refractivity contribution in [1.29, 1.82) is 0 Å². The Morgan fingerprint density at radius 1 is 1.42 bits per heavy atom. The number of hydrogen-bond acceptors (Lipinski definition) is 3. The van der Waals surface area contributed by atoms with Crippen LogP contribution in [-0.2, 0) is 0 Å². The largest absolute Gasteiger partial charge is 0.466 e. The number of H-pyrrole nitrogens is 1. The van der Waals surface area contributed by atoms with Gasteiger partial charge in [0.2, 0.25) is 0 Å². The fraction of sp³-hybridized carbons (Fsp3) is 0.429. The summed E-state index contributed by atoms with van der Waals surface area (Å²) >= 11 is 0. The molecule has 1 unspecified atom stereocenters. The molecule has 0 aliphatic rings. The third kappa shape index (κ3) is 2.54. The van der Waals surface area contributed by atoms with Crippen LogP contribution < -0.4 is 5.32 Å². The Morgan fingerprint density at radius 2 is 2.16 bits per heavy atom. The van der Waals surface area contributed by atoms with Gasteiger partial charge in [0.1, 0.15) is 17.3 Å². The number of nitrogens with one attached hydrogen (secondary N) is 2. The number of imidazole rings is 1. The van der Waals surface area contributed by atoms with Crippen LogP contribution in [0.15, 0.2) is 16.8 Å². The molecule has 0 saturated carbocycles. The van der Waals surface area contributed by atoms with E-state index in [-0.39, 0.29) is 11.9 Å². The summed E-state index contributed by atoms with van der Waals surface area (Å²) < 4.78 is 5.49. The molecule has 2 rings (SSSR count). The molecule has 19 heavy (non-hydrogen) atoms. The van der Waals surface area contributed by atoms with Crippen LogP contribution in [0.4, 0.5) is 0 Å². The Balaban J connectivity index is 2.21. The van der Waals surface area contributed by atoms with Crippen LogP contribution in [0.25, 0.3) is 0 Å². The van der Waals surface area contributed by atoms with E-state index in [0.29, 0.717) is 11.3 Å². The number of hydrogen-bond donors (Lipinski definition) is 2. The van der Waals surface area contributed by atoms with Gasteiger partial charge in [-0.25, -0.2) is 4.98 Å². The van der Waals surface area contributed by atoms with Crippen LogP contribution in [0.5, 0.6) is 0 Å². The number of aromatic nitrogens is 2. The molecule has 2 aromatic rings. The highest BCUT2D eigenvalue weighted by Gasteiger charge is 2.22. The number of rotatable bonds is 4. The van der Waals surface area contributed by atoms with Gasteiger partial charge < -0.3 is 14.7 Å². The van der Waals surface area contributed by atoms with Gasteiger partial charge in [0.15, 0.2) is 0 Å². The molecule has 0 spiro atoms. The molecule has 1 atom stereocenters. The molecule has 0 fully saturated rings. The van der Waals surface area contributed by atoms with Gasteiger partial charge in [-0.1, -0.05) is 6.92 Å². The van der Waals surface area contributed by atoms with Gasteiger partial charge >= 0.3 is 0 Å². The van der Waals surface area contributed by atoms with Crippen LogP contribution in [0.1, 0.15) is 52.7 Å². The zero-order valence-corrected chi connectivity index (χ0v) is 11.7. The molecule has 0 aromatic carbocycles. The van der Waals surface area contributed by atoms with E-state index >= 15 is 0 Å². The zero-order chi connectivity index (χ0) is 14.0. The van der Waals surface area contributed by atoms with E-state index in [4.69, 9.17) is 4.42 Å². The van der Waals surface area contributed by atoms with Crippen LogP contribution >= 0.6 is 0 Å². The number of furan rings is 1. The first-order valence-electron chi connectivity index (χ1n) is 6.41. The van der Waals surface area contributed by atoms with E-state index in [0.717, 1.165) is 23.6 Å². The second-order valence-electron chi connectivity index (χ2n) is 4.62. The van der Waals surface area contributed by atoms with E-state index in [2.05, 4.69) is 15.3 Å². The Kier molecular flexibility index (Phi) is 3.74. The molecule has 2 N–H and O–H groups in total. The molecule has 5 nitrogen and oxygen atoms in total. The van der Waals surface area contributed by atoms with E-state index in [1.54, 1.807) is 12.4 Å². The quantitative estimate of drug-likeness (QED) is 0.889. The molecule has 2 aromatic heterocycles. The maximum Gasteiger partial charge on any atom is 0.255 e. The molecular weight excluding hydrogens is 242 g/mol. The minimum atomic E-state index is -0.116. The van der Waals surface area contributed by atoms with Gasteiger partial charge in [0.05, 0.1) is 11.6 Å². The summed E-state index contributed by atoms with van der Waals surface area (Å²) in [6.07, 6.45) is 4.21. The SMILES string of the molecule is CCC(NC(=O)c1c(C)oc(C)c1C)c1ncc[nH]1. The fourth-order valence-electron chi connectivity index (χ4n) is 2.19. The number of carbonyl (C=O) groups is 1. The van der Waals surface area contributed by atoms with Crippen molar-refractivity contribution in [3.05, 3.63) is 40.9 Å². The Hall–Kier alpha value is -2.04. The van der Waals surface area contributed by atoms with Crippen LogP contribution in [-0.4, -0.2) is 15.9 Å². The minimum Gasteiger partial charge on any atom is -0.466 e. The van der Waals surface area contributed by atoms with Crippen molar-refractivity contribution in [2.75, 3.05) is 0 Å². The van der Waals surface area contributed by atoms with Crippen molar-refractivity contribution in [1.82, 2.24) is 15.3 Å². The smallest absolute Gasteiger partial charge is 0.255 e. The maximum absolute atomic E-state index is 12.4. The zero-order valence-electron chi connectivity index (χ0n) is 11.7. The lowest BCUT2D eigenvalue weighted by Crippen LogP contribution is -2.29. The Labute approximate surface area is 112 Å². The van der Waals surface area contributed by atoms with Gasteiger partial charge in [-0.2, -0.15) is 0 Å². The molecule has 0 aliphatic carbocycles. The molecule has 5 heteroatoms. The summed E-state index contributed by atoms with van der Waals surface area (Å²) in [5.41, 5.74) is 1.52. The third-order valence-electron chi connectivity index (χ3n) is 3.35. The summed E-state index contributed by atoms with van der Waals surface area (Å²) in [4.78, 5) is 19.6. The lowest BCUT2D eigenvalue weighted by Gasteiger charge is -2.14. The highest BCUT2D eigenvalue weighted by atomic mass is 16.3. The average molecular weight is 261 g/mol.